The van der Waals surface area contributed by atoms with Gasteiger partial charge in [0.15, 0.2) is 5.82 Å². The number of aryl methyl sites for hydroxylation is 1. The highest BCUT2D eigenvalue weighted by atomic mass is 32.2. The molecule has 0 aliphatic carbocycles. The number of nitrogens with one attached hydrogen (secondary N) is 2. The van der Waals surface area contributed by atoms with Gasteiger partial charge in [-0.05, 0) is 23.9 Å². The number of alkyl halides is 3. The summed E-state index contributed by atoms with van der Waals surface area (Å²) in [4.78, 5) is 22.5. The third-order valence-electron chi connectivity index (χ3n) is 2.83. The Morgan fingerprint density at radius 2 is 1.92 bits per heavy atom. The van der Waals surface area contributed by atoms with Gasteiger partial charge in [-0.1, -0.05) is 12.1 Å². The first kappa shape index (κ1) is 18.6. The van der Waals surface area contributed by atoms with Gasteiger partial charge in [-0.15, -0.1) is 0 Å². The first-order chi connectivity index (χ1) is 11.7. The van der Waals surface area contributed by atoms with Crippen molar-refractivity contribution in [2.45, 2.75) is 23.4 Å². The van der Waals surface area contributed by atoms with Crippen molar-refractivity contribution < 1.29 is 22.8 Å². The van der Waals surface area contributed by atoms with E-state index >= 15 is 0 Å². The number of carbonyl (C=O) groups is 2. The monoisotopic (exact) mass is 373 g/mol. The molecule has 2 rings (SSSR count). The maximum atomic E-state index is 12.5. The molecule has 1 aromatic carbocycles. The number of thioether (sulfide) groups is 1. The number of halogens is 3. The van der Waals surface area contributed by atoms with Crippen molar-refractivity contribution in [3.05, 3.63) is 36.5 Å². The minimum absolute atomic E-state index is 0.0236. The largest absolute Gasteiger partial charge is 0.446 e. The van der Waals surface area contributed by atoms with E-state index in [1.807, 2.05) is 0 Å². The van der Waals surface area contributed by atoms with E-state index in [1.54, 1.807) is 0 Å². The van der Waals surface area contributed by atoms with Gasteiger partial charge in [0.2, 0.25) is 5.91 Å². The van der Waals surface area contributed by atoms with Crippen LogP contribution in [0.5, 0.6) is 0 Å². The maximum Gasteiger partial charge on any atom is 0.446 e. The quantitative estimate of drug-likeness (QED) is 0.678. The summed E-state index contributed by atoms with van der Waals surface area (Å²) < 4.78 is 39.0. The molecule has 0 bridgehead atoms. The van der Waals surface area contributed by atoms with Crippen LogP contribution in [0.15, 0.2) is 41.4 Å². The molecule has 7 nitrogen and oxygen atoms in total. The highest BCUT2D eigenvalue weighted by Gasteiger charge is 2.30. The van der Waals surface area contributed by atoms with Gasteiger partial charge in [-0.25, -0.2) is 4.79 Å². The molecule has 11 heteroatoms. The molecule has 0 saturated heterocycles. The minimum atomic E-state index is -4.46. The van der Waals surface area contributed by atoms with Crippen molar-refractivity contribution in [1.82, 2.24) is 9.78 Å². The summed E-state index contributed by atoms with van der Waals surface area (Å²) >= 11 is -0.317. The Hall–Kier alpha value is -2.69. The number of nitrogens with zero attached hydrogens (tertiary/aromatic N) is 2. The van der Waals surface area contributed by atoms with Crippen LogP contribution < -0.4 is 16.4 Å². The second kappa shape index (κ2) is 7.92. The molecule has 0 atom stereocenters. The average Bonchev–Trinajstić information content (AvgIpc) is 2.93. The van der Waals surface area contributed by atoms with Crippen molar-refractivity contribution in [2.75, 3.05) is 10.6 Å². The Bertz CT molecular complexity index is 763. The van der Waals surface area contributed by atoms with Crippen LogP contribution in [0.3, 0.4) is 0 Å². The Morgan fingerprint density at radius 1 is 1.20 bits per heavy atom. The smallest absolute Gasteiger partial charge is 0.370 e. The van der Waals surface area contributed by atoms with E-state index in [9.17, 15) is 22.8 Å². The van der Waals surface area contributed by atoms with E-state index in [0.29, 0.717) is 0 Å². The molecule has 2 aromatic rings. The Labute approximate surface area is 144 Å². The van der Waals surface area contributed by atoms with Crippen LogP contribution in [0.4, 0.5) is 29.5 Å². The summed E-state index contributed by atoms with van der Waals surface area (Å²) in [7, 11) is 0. The number of benzene rings is 1. The molecule has 4 N–H and O–H groups in total. The first-order valence-electron chi connectivity index (χ1n) is 6.97. The lowest BCUT2D eigenvalue weighted by atomic mass is 10.3. The molecule has 25 heavy (non-hydrogen) atoms. The molecule has 0 saturated carbocycles. The Morgan fingerprint density at radius 3 is 2.60 bits per heavy atom. The van der Waals surface area contributed by atoms with Crippen LogP contribution in [-0.2, 0) is 11.3 Å². The Kier molecular flexibility index (Phi) is 5.91. The number of para-hydroxylation sites is 1. The highest BCUT2D eigenvalue weighted by Crippen LogP contribution is 2.40. The second-order valence-electron chi connectivity index (χ2n) is 4.80. The van der Waals surface area contributed by atoms with Gasteiger partial charge in [0.05, 0.1) is 5.69 Å². The summed E-state index contributed by atoms with van der Waals surface area (Å²) in [5, 5.41) is 8.74. The van der Waals surface area contributed by atoms with Crippen LogP contribution in [-0.4, -0.2) is 27.2 Å². The normalized spacial score (nSPS) is 11.2. The predicted molar refractivity (Wildman–Crippen MR) is 87.0 cm³/mol. The van der Waals surface area contributed by atoms with Crippen molar-refractivity contribution >= 4 is 35.2 Å². The van der Waals surface area contributed by atoms with E-state index < -0.39 is 17.4 Å². The van der Waals surface area contributed by atoms with Crippen molar-refractivity contribution in [2.24, 2.45) is 5.73 Å². The van der Waals surface area contributed by atoms with Crippen molar-refractivity contribution in [3.8, 4) is 0 Å². The highest BCUT2D eigenvalue weighted by molar-refractivity contribution is 8.00. The average molecular weight is 373 g/mol. The van der Waals surface area contributed by atoms with Crippen LogP contribution in [0.2, 0.25) is 0 Å². The molecule has 0 spiro atoms. The van der Waals surface area contributed by atoms with E-state index in [4.69, 9.17) is 5.73 Å². The number of anilines is 2. The number of nitrogens with two attached hydrogens (primary N) is 1. The van der Waals surface area contributed by atoms with Crippen LogP contribution in [0, 0.1) is 0 Å². The van der Waals surface area contributed by atoms with E-state index in [0.717, 1.165) is 0 Å². The second-order valence-corrected chi connectivity index (χ2v) is 5.91. The molecule has 0 unspecified atom stereocenters. The van der Waals surface area contributed by atoms with Crippen molar-refractivity contribution in [1.29, 1.82) is 0 Å². The number of primary amides is 1. The zero-order valence-corrected chi connectivity index (χ0v) is 13.5. The van der Waals surface area contributed by atoms with Gasteiger partial charge >= 0.3 is 11.5 Å². The molecule has 0 aliphatic rings. The summed E-state index contributed by atoms with van der Waals surface area (Å²) in [5.74, 6) is -0.301. The number of aromatic nitrogens is 2. The molecule has 1 aromatic heterocycles. The standard InChI is InChI=1S/C14H14F3N5O2S/c15-14(16,17)25-10-4-2-1-3-9(10)19-13(24)20-12-6-8-22(21-12)7-5-11(18)23/h1-4,6,8H,5,7H2,(H2,18,23)(H2,19,20,21,24). The maximum absolute atomic E-state index is 12.5. The molecule has 0 fully saturated rings. The minimum Gasteiger partial charge on any atom is -0.370 e. The van der Waals surface area contributed by atoms with E-state index in [1.165, 1.54) is 41.2 Å². The van der Waals surface area contributed by atoms with Gasteiger partial charge in [0, 0.05) is 30.1 Å². The molecular formula is C14H14F3N5O2S. The van der Waals surface area contributed by atoms with Crippen LogP contribution in [0.1, 0.15) is 6.42 Å². The van der Waals surface area contributed by atoms with Gasteiger partial charge in [0.25, 0.3) is 0 Å². The number of amides is 3. The number of hydrogen-bond acceptors (Lipinski definition) is 4. The van der Waals surface area contributed by atoms with E-state index in [2.05, 4.69) is 15.7 Å². The molecule has 1 heterocycles. The fourth-order valence-corrected chi connectivity index (χ4v) is 2.46. The van der Waals surface area contributed by atoms with Gasteiger partial charge < -0.3 is 11.1 Å². The summed E-state index contributed by atoms with van der Waals surface area (Å²) in [6.07, 6.45) is 1.63. The van der Waals surface area contributed by atoms with Crippen LogP contribution in [0.25, 0.3) is 0 Å². The zero-order chi connectivity index (χ0) is 18.4. The molecule has 3 amide bonds. The lowest BCUT2D eigenvalue weighted by Gasteiger charge is -2.12. The SMILES string of the molecule is NC(=O)CCn1ccc(NC(=O)Nc2ccccc2SC(F)(F)F)n1. The molecule has 0 radical (unpaired) electrons. The molecule has 134 valence electrons. The summed E-state index contributed by atoms with van der Waals surface area (Å²) in [6, 6.07) is 6.31. The number of urea groups is 1. The fraction of sp³-hybridized carbons (Fsp3) is 0.214. The van der Waals surface area contributed by atoms with Crippen molar-refractivity contribution in [3.63, 3.8) is 0 Å². The van der Waals surface area contributed by atoms with E-state index in [-0.39, 0.29) is 41.1 Å². The topological polar surface area (TPSA) is 102 Å². The third kappa shape index (κ3) is 6.37. The predicted octanol–water partition coefficient (Wildman–Crippen LogP) is 3.01. The molecule has 0 aliphatic heterocycles. The number of hydrogen-bond donors (Lipinski definition) is 3. The van der Waals surface area contributed by atoms with Gasteiger partial charge in [-0.3, -0.25) is 14.8 Å². The Balaban J connectivity index is 1.98. The third-order valence-corrected chi connectivity index (χ3v) is 3.64. The first-order valence-corrected chi connectivity index (χ1v) is 7.79. The lowest BCUT2D eigenvalue weighted by Crippen LogP contribution is -2.20. The lowest BCUT2D eigenvalue weighted by molar-refractivity contribution is -0.118. The summed E-state index contributed by atoms with van der Waals surface area (Å²) in [5.41, 5.74) is 0.589. The number of carbonyl (C=O) groups excluding carboxylic acids is 2. The van der Waals surface area contributed by atoms with Gasteiger partial charge in [-0.2, -0.15) is 18.3 Å². The number of rotatable bonds is 6. The van der Waals surface area contributed by atoms with Gasteiger partial charge in [0.1, 0.15) is 0 Å². The zero-order valence-electron chi connectivity index (χ0n) is 12.7. The summed E-state index contributed by atoms with van der Waals surface area (Å²) in [6.45, 7) is 0.254. The van der Waals surface area contributed by atoms with Crippen LogP contribution >= 0.6 is 11.8 Å². The molecular weight excluding hydrogens is 359 g/mol. The fourth-order valence-electron chi connectivity index (χ4n) is 1.83.